The van der Waals surface area contributed by atoms with E-state index < -0.39 is 5.97 Å². The zero-order chi connectivity index (χ0) is 22.5. The van der Waals surface area contributed by atoms with Gasteiger partial charge in [-0.2, -0.15) is 0 Å². The zero-order valence-electron chi connectivity index (χ0n) is 18.8. The summed E-state index contributed by atoms with van der Waals surface area (Å²) in [5, 5.41) is 3.80. The first kappa shape index (κ1) is 22.8. The predicted molar refractivity (Wildman–Crippen MR) is 127 cm³/mol. The van der Waals surface area contributed by atoms with Gasteiger partial charge in [-0.05, 0) is 61.8 Å². The molecule has 1 saturated heterocycles. The molecule has 1 N–H and O–H groups in total. The van der Waals surface area contributed by atoms with E-state index in [1.54, 1.807) is 13.2 Å². The molecule has 31 heavy (non-hydrogen) atoms. The molecule has 0 bridgehead atoms. The van der Waals surface area contributed by atoms with Crippen molar-refractivity contribution in [2.24, 2.45) is 0 Å². The molecule has 0 amide bonds. The number of nitrogens with zero attached hydrogens (tertiary/aromatic N) is 3. The highest BCUT2D eigenvalue weighted by atomic mass is 32.1. The Morgan fingerprint density at radius 3 is 2.29 bits per heavy atom. The number of ether oxygens (including phenoxy) is 2. The number of esters is 1. The average molecular weight is 443 g/mol. The Labute approximate surface area is 189 Å². The minimum absolute atomic E-state index is 0.403. The van der Waals surface area contributed by atoms with Crippen LogP contribution >= 0.6 is 12.2 Å². The lowest BCUT2D eigenvalue weighted by molar-refractivity contribution is 0.0599. The molecule has 1 aliphatic rings. The van der Waals surface area contributed by atoms with Crippen molar-refractivity contribution in [3.63, 3.8) is 0 Å². The van der Waals surface area contributed by atoms with Gasteiger partial charge in [-0.25, -0.2) is 9.78 Å². The van der Waals surface area contributed by atoms with E-state index in [1.807, 2.05) is 6.92 Å². The van der Waals surface area contributed by atoms with Crippen LogP contribution in [0.15, 0.2) is 24.3 Å². The molecule has 1 aromatic heterocycles. The van der Waals surface area contributed by atoms with Crippen LogP contribution in [0.4, 0.5) is 11.4 Å². The Morgan fingerprint density at radius 1 is 1.10 bits per heavy atom. The second kappa shape index (κ2) is 9.96. The average Bonchev–Trinajstić information content (AvgIpc) is 2.77. The molecule has 1 fully saturated rings. The van der Waals surface area contributed by atoms with Crippen LogP contribution in [0.3, 0.4) is 0 Å². The number of methoxy groups -OCH3 is 2. The molecule has 0 atom stereocenters. The molecule has 1 aromatic carbocycles. The molecule has 7 nitrogen and oxygen atoms in total. The van der Waals surface area contributed by atoms with Crippen molar-refractivity contribution in [3.05, 3.63) is 46.6 Å². The molecule has 0 spiro atoms. The van der Waals surface area contributed by atoms with Crippen molar-refractivity contribution in [1.82, 2.24) is 9.88 Å². The Balaban J connectivity index is 1.71. The van der Waals surface area contributed by atoms with Gasteiger partial charge in [-0.15, -0.1) is 0 Å². The van der Waals surface area contributed by atoms with Gasteiger partial charge in [0.2, 0.25) is 5.88 Å². The van der Waals surface area contributed by atoms with Crippen molar-refractivity contribution in [2.45, 2.75) is 27.2 Å². The maximum atomic E-state index is 12.2. The van der Waals surface area contributed by atoms with Crippen LogP contribution in [0.1, 0.15) is 34.1 Å². The van der Waals surface area contributed by atoms with Gasteiger partial charge in [-0.1, -0.05) is 13.0 Å². The summed E-state index contributed by atoms with van der Waals surface area (Å²) in [7, 11) is 2.91. The van der Waals surface area contributed by atoms with Crippen LogP contribution in [0, 0.1) is 13.8 Å². The highest BCUT2D eigenvalue weighted by molar-refractivity contribution is 7.80. The molecule has 2 aromatic rings. The maximum Gasteiger partial charge on any atom is 0.339 e. The number of hydrogen-bond acceptors (Lipinski definition) is 6. The first-order valence-corrected chi connectivity index (χ1v) is 10.8. The van der Waals surface area contributed by atoms with Gasteiger partial charge in [0.05, 0.1) is 25.5 Å². The number of carbonyl (C=O) groups excluding carboxylic acids is 1. The number of hydrogen-bond donors (Lipinski definition) is 1. The van der Waals surface area contributed by atoms with E-state index in [0.29, 0.717) is 34.4 Å². The van der Waals surface area contributed by atoms with E-state index in [4.69, 9.17) is 21.7 Å². The summed E-state index contributed by atoms with van der Waals surface area (Å²) in [6, 6.07) is 8.33. The molecule has 0 saturated carbocycles. The van der Waals surface area contributed by atoms with E-state index in [9.17, 15) is 4.79 Å². The fraction of sp³-hybridized carbons (Fsp3) is 0.435. The lowest BCUT2D eigenvalue weighted by Gasteiger charge is -2.37. The minimum atomic E-state index is -0.428. The summed E-state index contributed by atoms with van der Waals surface area (Å²) in [6.07, 6.45) is 0.589. The summed E-state index contributed by atoms with van der Waals surface area (Å²) < 4.78 is 10.3. The van der Waals surface area contributed by atoms with E-state index in [1.165, 1.54) is 23.9 Å². The van der Waals surface area contributed by atoms with Gasteiger partial charge in [0.15, 0.2) is 5.11 Å². The molecule has 2 heterocycles. The van der Waals surface area contributed by atoms with Crippen molar-refractivity contribution in [3.8, 4) is 5.88 Å². The van der Waals surface area contributed by atoms with Crippen LogP contribution in [0.5, 0.6) is 5.88 Å². The van der Waals surface area contributed by atoms with Crippen LogP contribution in [0.25, 0.3) is 0 Å². The zero-order valence-corrected chi connectivity index (χ0v) is 19.6. The Kier molecular flexibility index (Phi) is 7.33. The smallest absolute Gasteiger partial charge is 0.339 e. The number of nitrogens with one attached hydrogen (secondary N) is 1. The first-order chi connectivity index (χ1) is 14.9. The summed E-state index contributed by atoms with van der Waals surface area (Å²) >= 11 is 5.66. The van der Waals surface area contributed by atoms with Crippen molar-refractivity contribution < 1.29 is 14.3 Å². The molecular formula is C23H30N4O3S. The van der Waals surface area contributed by atoms with Crippen LogP contribution < -0.4 is 15.0 Å². The van der Waals surface area contributed by atoms with E-state index >= 15 is 0 Å². The molecule has 166 valence electrons. The van der Waals surface area contributed by atoms with Gasteiger partial charge >= 0.3 is 5.97 Å². The highest BCUT2D eigenvalue weighted by Crippen LogP contribution is 2.27. The largest absolute Gasteiger partial charge is 0.480 e. The molecule has 0 unspecified atom stereocenters. The quantitative estimate of drug-likeness (QED) is 0.557. The van der Waals surface area contributed by atoms with Gasteiger partial charge in [0.25, 0.3) is 0 Å². The fourth-order valence-electron chi connectivity index (χ4n) is 3.83. The molecular weight excluding hydrogens is 412 g/mol. The third kappa shape index (κ3) is 5.25. The third-order valence-corrected chi connectivity index (χ3v) is 5.74. The lowest BCUT2D eigenvalue weighted by Crippen LogP contribution is -2.50. The number of rotatable bonds is 5. The van der Waals surface area contributed by atoms with Gasteiger partial charge < -0.3 is 24.6 Å². The summed E-state index contributed by atoms with van der Waals surface area (Å²) in [5.74, 6) is -0.0243. The summed E-state index contributed by atoms with van der Waals surface area (Å²) in [5.41, 5.74) is 5.39. The number of carbonyl (C=O) groups is 1. The minimum Gasteiger partial charge on any atom is -0.480 e. The number of pyridine rings is 1. The SMILES string of the molecule is CCc1nc(OC)c(NC(=S)N2CCN(c3cc(C)cc(C)c3)CC2)cc1C(=O)OC. The predicted octanol–water partition coefficient (Wildman–Crippen LogP) is 3.58. The maximum absolute atomic E-state index is 12.2. The number of thiocarbonyl (C=S) groups is 1. The molecule has 1 aliphatic heterocycles. The van der Waals surface area contributed by atoms with Crippen LogP contribution in [-0.4, -0.2) is 61.4 Å². The molecule has 0 radical (unpaired) electrons. The summed E-state index contributed by atoms with van der Waals surface area (Å²) in [4.78, 5) is 21.2. The van der Waals surface area contributed by atoms with E-state index in [2.05, 4.69) is 52.1 Å². The lowest BCUT2D eigenvalue weighted by atomic mass is 10.1. The number of anilines is 2. The number of aryl methyl sites for hydroxylation is 3. The second-order valence-corrected chi connectivity index (χ2v) is 8.02. The van der Waals surface area contributed by atoms with Crippen LogP contribution in [-0.2, 0) is 11.2 Å². The standard InChI is InChI=1S/C23H30N4O3S/c1-6-19-18(22(28)30-5)14-20(21(24-19)29-4)25-23(31)27-9-7-26(8-10-27)17-12-15(2)11-16(3)13-17/h11-14H,6-10H2,1-5H3,(H,25,31). The number of benzene rings is 1. The Morgan fingerprint density at radius 2 is 1.74 bits per heavy atom. The molecule has 0 aliphatic carbocycles. The third-order valence-electron chi connectivity index (χ3n) is 5.38. The van der Waals surface area contributed by atoms with Crippen molar-refractivity contribution in [2.75, 3.05) is 50.6 Å². The van der Waals surface area contributed by atoms with Gasteiger partial charge in [-0.3, -0.25) is 0 Å². The Hall–Kier alpha value is -2.87. The number of piperazine rings is 1. The van der Waals surface area contributed by atoms with E-state index in [-0.39, 0.29) is 0 Å². The highest BCUT2D eigenvalue weighted by Gasteiger charge is 2.22. The van der Waals surface area contributed by atoms with Crippen molar-refractivity contribution >= 4 is 34.7 Å². The van der Waals surface area contributed by atoms with Gasteiger partial charge in [0.1, 0.15) is 5.69 Å². The first-order valence-electron chi connectivity index (χ1n) is 10.4. The topological polar surface area (TPSA) is 66.9 Å². The Bertz CT molecular complexity index is 951. The van der Waals surface area contributed by atoms with Crippen LogP contribution in [0.2, 0.25) is 0 Å². The van der Waals surface area contributed by atoms with Crippen molar-refractivity contribution in [1.29, 1.82) is 0 Å². The summed E-state index contributed by atoms with van der Waals surface area (Å²) in [6.45, 7) is 9.53. The second-order valence-electron chi connectivity index (χ2n) is 7.63. The van der Waals surface area contributed by atoms with E-state index in [0.717, 1.165) is 26.2 Å². The molecule has 8 heteroatoms. The van der Waals surface area contributed by atoms with Gasteiger partial charge in [0, 0.05) is 31.9 Å². The molecule has 3 rings (SSSR count). The number of aromatic nitrogens is 1. The normalized spacial score (nSPS) is 13.7. The monoisotopic (exact) mass is 442 g/mol. The fourth-order valence-corrected chi connectivity index (χ4v) is 4.12.